The Bertz CT molecular complexity index is 716. The van der Waals surface area contributed by atoms with Crippen molar-refractivity contribution in [3.05, 3.63) is 64.7 Å². The summed E-state index contributed by atoms with van der Waals surface area (Å²) < 4.78 is 5.55. The van der Waals surface area contributed by atoms with Crippen LogP contribution in [0.5, 0.6) is 5.75 Å². The number of halogens is 1. The monoisotopic (exact) mass is 346 g/mol. The Morgan fingerprint density at radius 3 is 2.38 bits per heavy atom. The number of ether oxygens (including phenoxy) is 1. The highest BCUT2D eigenvalue weighted by molar-refractivity contribution is 6.33. The second kappa shape index (κ2) is 8.36. The summed E-state index contributed by atoms with van der Waals surface area (Å²) in [5, 5.41) is 0.310. The molecule has 0 unspecified atom stereocenters. The molecule has 24 heavy (non-hydrogen) atoms. The van der Waals surface area contributed by atoms with Crippen LogP contribution in [0.25, 0.3) is 0 Å². The fraction of sp³-hybridized carbons (Fsp3) is 0.222. The molecule has 0 saturated heterocycles. The molecule has 0 aliphatic rings. The molecule has 0 aliphatic heterocycles. The lowest BCUT2D eigenvalue weighted by Gasteiger charge is -2.15. The van der Waals surface area contributed by atoms with Crippen molar-refractivity contribution < 1.29 is 14.3 Å². The third-order valence-electron chi connectivity index (χ3n) is 3.43. The van der Waals surface area contributed by atoms with Crippen molar-refractivity contribution >= 4 is 23.4 Å². The number of aryl methyl sites for hydroxylation is 1. The van der Waals surface area contributed by atoms with E-state index in [1.54, 1.807) is 31.2 Å². The van der Waals surface area contributed by atoms with Gasteiger partial charge in [0, 0.05) is 0 Å². The average Bonchev–Trinajstić information content (AvgIpc) is 2.60. The van der Waals surface area contributed by atoms with Gasteiger partial charge in [0.1, 0.15) is 5.75 Å². The van der Waals surface area contributed by atoms with E-state index < -0.39 is 17.9 Å². The van der Waals surface area contributed by atoms with Crippen LogP contribution in [0.1, 0.15) is 29.8 Å². The Morgan fingerprint density at radius 1 is 1.08 bits per heavy atom. The van der Waals surface area contributed by atoms with Gasteiger partial charge in [-0.3, -0.25) is 20.4 Å². The minimum absolute atomic E-state index is 0.281. The lowest BCUT2D eigenvalue weighted by atomic mass is 10.2. The molecule has 0 heterocycles. The first kappa shape index (κ1) is 17.8. The highest BCUT2D eigenvalue weighted by Crippen LogP contribution is 2.15. The van der Waals surface area contributed by atoms with Gasteiger partial charge in [0.25, 0.3) is 11.8 Å². The van der Waals surface area contributed by atoms with Gasteiger partial charge in [0.2, 0.25) is 0 Å². The zero-order valence-electron chi connectivity index (χ0n) is 13.5. The minimum Gasteiger partial charge on any atom is -0.481 e. The van der Waals surface area contributed by atoms with Crippen molar-refractivity contribution in [2.45, 2.75) is 26.4 Å². The molecule has 0 radical (unpaired) electrons. The molecule has 2 rings (SSSR count). The molecule has 0 fully saturated rings. The van der Waals surface area contributed by atoms with Crippen LogP contribution in [0.15, 0.2) is 48.5 Å². The van der Waals surface area contributed by atoms with E-state index in [9.17, 15) is 9.59 Å². The number of amides is 2. The van der Waals surface area contributed by atoms with Crippen molar-refractivity contribution in [3.8, 4) is 5.75 Å². The van der Waals surface area contributed by atoms with E-state index in [0.717, 1.165) is 6.42 Å². The fourth-order valence-corrected chi connectivity index (χ4v) is 2.22. The number of benzene rings is 2. The van der Waals surface area contributed by atoms with E-state index in [1.807, 2.05) is 24.3 Å². The van der Waals surface area contributed by atoms with E-state index in [-0.39, 0.29) is 5.56 Å². The van der Waals surface area contributed by atoms with Crippen LogP contribution >= 0.6 is 11.6 Å². The highest BCUT2D eigenvalue weighted by Gasteiger charge is 2.16. The molecule has 0 bridgehead atoms. The molecular formula is C18H19ClN2O3. The van der Waals surface area contributed by atoms with Gasteiger partial charge >= 0.3 is 0 Å². The minimum atomic E-state index is -0.760. The first-order chi connectivity index (χ1) is 11.5. The molecule has 2 aromatic carbocycles. The third-order valence-corrected chi connectivity index (χ3v) is 3.76. The summed E-state index contributed by atoms with van der Waals surface area (Å²) in [6.45, 7) is 3.67. The van der Waals surface area contributed by atoms with Gasteiger partial charge in [-0.2, -0.15) is 0 Å². The number of hydrogen-bond acceptors (Lipinski definition) is 3. The van der Waals surface area contributed by atoms with Crippen LogP contribution in [-0.4, -0.2) is 17.9 Å². The van der Waals surface area contributed by atoms with Gasteiger partial charge < -0.3 is 4.74 Å². The molecule has 2 amide bonds. The van der Waals surface area contributed by atoms with Crippen molar-refractivity contribution in [1.29, 1.82) is 0 Å². The van der Waals surface area contributed by atoms with Crippen LogP contribution < -0.4 is 15.6 Å². The number of nitrogens with one attached hydrogen (secondary N) is 2. The quantitative estimate of drug-likeness (QED) is 0.817. The molecule has 0 saturated carbocycles. The van der Waals surface area contributed by atoms with E-state index in [2.05, 4.69) is 17.8 Å². The van der Waals surface area contributed by atoms with E-state index in [4.69, 9.17) is 16.3 Å². The zero-order valence-corrected chi connectivity index (χ0v) is 14.3. The molecule has 0 aromatic heterocycles. The van der Waals surface area contributed by atoms with Gasteiger partial charge in [-0.05, 0) is 43.2 Å². The van der Waals surface area contributed by atoms with E-state index >= 15 is 0 Å². The van der Waals surface area contributed by atoms with E-state index in [1.165, 1.54) is 5.56 Å². The van der Waals surface area contributed by atoms with Gasteiger partial charge in [0.15, 0.2) is 6.10 Å². The summed E-state index contributed by atoms with van der Waals surface area (Å²) in [4.78, 5) is 24.0. The summed E-state index contributed by atoms with van der Waals surface area (Å²) in [6.07, 6.45) is 0.175. The van der Waals surface area contributed by atoms with Gasteiger partial charge in [-0.1, -0.05) is 42.8 Å². The Hall–Kier alpha value is -2.53. The lowest BCUT2D eigenvalue weighted by Crippen LogP contribution is -2.47. The third kappa shape index (κ3) is 4.73. The van der Waals surface area contributed by atoms with Crippen molar-refractivity contribution in [2.75, 3.05) is 0 Å². The normalized spacial score (nSPS) is 11.5. The molecule has 6 heteroatoms. The van der Waals surface area contributed by atoms with Gasteiger partial charge in [0.05, 0.1) is 10.6 Å². The lowest BCUT2D eigenvalue weighted by molar-refractivity contribution is -0.128. The molecule has 0 spiro atoms. The zero-order chi connectivity index (χ0) is 17.5. The Kier molecular flexibility index (Phi) is 6.21. The number of carbonyl (C=O) groups is 2. The number of hydrazine groups is 1. The predicted molar refractivity (Wildman–Crippen MR) is 93.0 cm³/mol. The maximum atomic E-state index is 12.0. The Labute approximate surface area is 145 Å². The maximum Gasteiger partial charge on any atom is 0.279 e. The van der Waals surface area contributed by atoms with Crippen LogP contribution in [0.2, 0.25) is 5.02 Å². The van der Waals surface area contributed by atoms with Gasteiger partial charge in [-0.15, -0.1) is 0 Å². The van der Waals surface area contributed by atoms with Gasteiger partial charge in [-0.25, -0.2) is 0 Å². The topological polar surface area (TPSA) is 67.4 Å². The predicted octanol–water partition coefficient (Wildman–Crippen LogP) is 3.13. The standard InChI is InChI=1S/C18H19ClN2O3/c1-3-13-8-10-14(11-9-13)24-12(2)17(22)20-21-18(23)15-6-4-5-7-16(15)19/h4-12H,3H2,1-2H3,(H,20,22)(H,21,23)/t12-/m0/s1. The van der Waals surface area contributed by atoms with Crippen molar-refractivity contribution in [1.82, 2.24) is 10.9 Å². The molecule has 2 aromatic rings. The molecular weight excluding hydrogens is 328 g/mol. The van der Waals surface area contributed by atoms with Crippen molar-refractivity contribution in [2.24, 2.45) is 0 Å². The first-order valence-corrected chi connectivity index (χ1v) is 7.99. The summed E-state index contributed by atoms with van der Waals surface area (Å²) in [7, 11) is 0. The second-order valence-electron chi connectivity index (χ2n) is 5.18. The Balaban J connectivity index is 1.87. The maximum absolute atomic E-state index is 12.0. The molecule has 0 aliphatic carbocycles. The van der Waals surface area contributed by atoms with Crippen molar-refractivity contribution in [3.63, 3.8) is 0 Å². The smallest absolute Gasteiger partial charge is 0.279 e. The number of carbonyl (C=O) groups excluding carboxylic acids is 2. The fourth-order valence-electron chi connectivity index (χ4n) is 1.99. The molecule has 126 valence electrons. The highest BCUT2D eigenvalue weighted by atomic mass is 35.5. The first-order valence-electron chi connectivity index (χ1n) is 7.61. The van der Waals surface area contributed by atoms with Crippen LogP contribution in [-0.2, 0) is 11.2 Å². The Morgan fingerprint density at radius 2 is 1.75 bits per heavy atom. The largest absolute Gasteiger partial charge is 0.481 e. The summed E-state index contributed by atoms with van der Waals surface area (Å²) >= 11 is 5.93. The van der Waals surface area contributed by atoms with Crippen LogP contribution in [0.4, 0.5) is 0 Å². The van der Waals surface area contributed by atoms with E-state index in [0.29, 0.717) is 10.8 Å². The molecule has 2 N–H and O–H groups in total. The average molecular weight is 347 g/mol. The summed E-state index contributed by atoms with van der Waals surface area (Å²) in [5.74, 6) is -0.365. The molecule has 5 nitrogen and oxygen atoms in total. The second-order valence-corrected chi connectivity index (χ2v) is 5.59. The SMILES string of the molecule is CCc1ccc(O[C@@H](C)C(=O)NNC(=O)c2ccccc2Cl)cc1. The summed E-state index contributed by atoms with van der Waals surface area (Å²) in [6, 6.07) is 14.1. The number of rotatable bonds is 5. The number of hydrogen-bond donors (Lipinski definition) is 2. The van der Waals surface area contributed by atoms with Crippen LogP contribution in [0.3, 0.4) is 0 Å². The summed E-state index contributed by atoms with van der Waals surface area (Å²) in [5.41, 5.74) is 6.12. The molecule has 1 atom stereocenters. The van der Waals surface area contributed by atoms with Crippen LogP contribution in [0, 0.1) is 0 Å².